The number of hydrogen-bond acceptors (Lipinski definition) is 5. The van der Waals surface area contributed by atoms with Crippen LogP contribution in [0.3, 0.4) is 0 Å². The second-order valence-corrected chi connectivity index (χ2v) is 8.07. The summed E-state index contributed by atoms with van der Waals surface area (Å²) >= 11 is 3.17. The maximum atomic E-state index is 12.5. The molecule has 0 aliphatic carbocycles. The highest BCUT2D eigenvalue weighted by atomic mass is 79.9. The molecule has 0 aromatic heterocycles. The van der Waals surface area contributed by atoms with E-state index in [1.54, 1.807) is 31.7 Å². The minimum atomic E-state index is -0.592. The summed E-state index contributed by atoms with van der Waals surface area (Å²) in [5, 5.41) is 14.0. The van der Waals surface area contributed by atoms with Crippen LogP contribution in [0, 0.1) is 10.1 Å². The van der Waals surface area contributed by atoms with Crippen LogP contribution in [-0.2, 0) is 4.74 Å². The number of halogens is 1. The average Bonchev–Trinajstić information content (AvgIpc) is 2.53. The highest BCUT2D eigenvalue weighted by Crippen LogP contribution is 2.24. The summed E-state index contributed by atoms with van der Waals surface area (Å²) in [7, 11) is 0. The molecule has 1 aliphatic rings. The Morgan fingerprint density at radius 2 is 2.08 bits per heavy atom. The molecule has 1 aromatic rings. The Morgan fingerprint density at radius 1 is 1.38 bits per heavy atom. The van der Waals surface area contributed by atoms with E-state index in [2.05, 4.69) is 21.2 Å². The second kappa shape index (κ2) is 8.03. The Hall–Kier alpha value is -2.16. The number of likely N-dealkylation sites (tertiary alicyclic amines) is 1. The zero-order chi connectivity index (χ0) is 19.5. The third-order valence-electron chi connectivity index (χ3n) is 3.81. The van der Waals surface area contributed by atoms with Gasteiger partial charge in [-0.2, -0.15) is 0 Å². The summed E-state index contributed by atoms with van der Waals surface area (Å²) in [4.78, 5) is 36.8. The van der Waals surface area contributed by atoms with Gasteiger partial charge in [0.25, 0.3) is 11.6 Å². The number of nitrogens with zero attached hydrogens (tertiary/aromatic N) is 2. The van der Waals surface area contributed by atoms with Gasteiger partial charge in [0, 0.05) is 29.7 Å². The SMILES string of the molecule is CC(C)(C)OC(=O)N1CCC[C@@H](NC(=O)c2ccc(Br)cc2[N+](=O)[O-])C1. The maximum Gasteiger partial charge on any atom is 0.410 e. The fraction of sp³-hybridized carbons (Fsp3) is 0.529. The molecule has 2 rings (SSSR count). The van der Waals surface area contributed by atoms with Gasteiger partial charge in [0.1, 0.15) is 11.2 Å². The molecule has 1 N–H and O–H groups in total. The van der Waals surface area contributed by atoms with Crippen molar-refractivity contribution in [3.63, 3.8) is 0 Å². The molecule has 1 heterocycles. The van der Waals surface area contributed by atoms with Gasteiger partial charge in [0.05, 0.1) is 4.92 Å². The van der Waals surface area contributed by atoms with E-state index in [0.717, 1.165) is 0 Å². The summed E-state index contributed by atoms with van der Waals surface area (Å²) < 4.78 is 5.88. The van der Waals surface area contributed by atoms with Crippen molar-refractivity contribution in [2.24, 2.45) is 0 Å². The highest BCUT2D eigenvalue weighted by Gasteiger charge is 2.29. The lowest BCUT2D eigenvalue weighted by Crippen LogP contribution is -2.50. The molecule has 2 amide bonds. The normalized spacial score (nSPS) is 17.5. The average molecular weight is 428 g/mol. The molecule has 142 valence electrons. The summed E-state index contributed by atoms with van der Waals surface area (Å²) in [5.74, 6) is -0.528. The van der Waals surface area contributed by atoms with Gasteiger partial charge < -0.3 is 15.0 Å². The molecule has 0 radical (unpaired) electrons. The molecule has 1 aliphatic heterocycles. The molecule has 1 aromatic carbocycles. The van der Waals surface area contributed by atoms with Crippen molar-refractivity contribution in [2.45, 2.75) is 45.3 Å². The van der Waals surface area contributed by atoms with Gasteiger partial charge in [0.15, 0.2) is 0 Å². The first-order chi connectivity index (χ1) is 12.1. The Balaban J connectivity index is 2.05. The molecule has 26 heavy (non-hydrogen) atoms. The van der Waals surface area contributed by atoms with Gasteiger partial charge in [-0.3, -0.25) is 14.9 Å². The number of amides is 2. The third-order valence-corrected chi connectivity index (χ3v) is 4.30. The molecule has 0 unspecified atom stereocenters. The standard InChI is InChI=1S/C17H22BrN3O5/c1-17(2,3)26-16(23)20-8-4-5-12(10-20)19-15(22)13-7-6-11(18)9-14(13)21(24)25/h6-7,9,12H,4-5,8,10H2,1-3H3,(H,19,22)/t12-/m1/s1. The van der Waals surface area contributed by atoms with E-state index in [0.29, 0.717) is 30.4 Å². The molecule has 1 saturated heterocycles. The van der Waals surface area contributed by atoms with Gasteiger partial charge in [0.2, 0.25) is 0 Å². The predicted molar refractivity (Wildman–Crippen MR) is 99.1 cm³/mol. The number of nitro benzene ring substituents is 1. The highest BCUT2D eigenvalue weighted by molar-refractivity contribution is 9.10. The Labute approximate surface area is 160 Å². The second-order valence-electron chi connectivity index (χ2n) is 7.16. The zero-order valence-corrected chi connectivity index (χ0v) is 16.5. The summed E-state index contributed by atoms with van der Waals surface area (Å²) in [6, 6.07) is 4.00. The van der Waals surface area contributed by atoms with Crippen LogP contribution < -0.4 is 5.32 Å². The quantitative estimate of drug-likeness (QED) is 0.587. The molecular weight excluding hydrogens is 406 g/mol. The van der Waals surface area contributed by atoms with Crippen molar-refractivity contribution in [1.82, 2.24) is 10.2 Å². The predicted octanol–water partition coefficient (Wildman–Crippen LogP) is 3.49. The zero-order valence-electron chi connectivity index (χ0n) is 15.0. The molecule has 0 bridgehead atoms. The van der Waals surface area contributed by atoms with Gasteiger partial charge in [-0.15, -0.1) is 0 Å². The Morgan fingerprint density at radius 3 is 2.69 bits per heavy atom. The van der Waals surface area contributed by atoms with Crippen LogP contribution in [0.2, 0.25) is 0 Å². The number of nitrogens with one attached hydrogen (secondary N) is 1. The third kappa shape index (κ3) is 5.42. The summed E-state index contributed by atoms with van der Waals surface area (Å²) in [6.07, 6.45) is 0.980. The van der Waals surface area contributed by atoms with Crippen LogP contribution >= 0.6 is 15.9 Å². The molecule has 8 nitrogen and oxygen atoms in total. The molecule has 0 spiro atoms. The summed E-state index contributed by atoms with van der Waals surface area (Å²) in [6.45, 7) is 6.24. The first kappa shape index (κ1) is 20.2. The lowest BCUT2D eigenvalue weighted by Gasteiger charge is -2.34. The van der Waals surface area contributed by atoms with Crippen LogP contribution in [0.4, 0.5) is 10.5 Å². The van der Waals surface area contributed by atoms with E-state index in [4.69, 9.17) is 4.74 Å². The van der Waals surface area contributed by atoms with Crippen molar-refractivity contribution in [3.8, 4) is 0 Å². The summed E-state index contributed by atoms with van der Waals surface area (Å²) in [5.41, 5.74) is -0.866. The number of hydrogen-bond donors (Lipinski definition) is 1. The van der Waals surface area contributed by atoms with E-state index < -0.39 is 22.5 Å². The van der Waals surface area contributed by atoms with Gasteiger partial charge in [-0.25, -0.2) is 4.79 Å². The van der Waals surface area contributed by atoms with Crippen LogP contribution in [0.25, 0.3) is 0 Å². The van der Waals surface area contributed by atoms with Gasteiger partial charge in [-0.05, 0) is 45.7 Å². The number of rotatable bonds is 3. The fourth-order valence-electron chi connectivity index (χ4n) is 2.70. The van der Waals surface area contributed by atoms with Gasteiger partial charge >= 0.3 is 6.09 Å². The first-order valence-electron chi connectivity index (χ1n) is 8.29. The largest absolute Gasteiger partial charge is 0.444 e. The van der Waals surface area contributed by atoms with E-state index in [-0.39, 0.29) is 17.3 Å². The van der Waals surface area contributed by atoms with Crippen molar-refractivity contribution < 1.29 is 19.2 Å². The smallest absolute Gasteiger partial charge is 0.410 e. The lowest BCUT2D eigenvalue weighted by molar-refractivity contribution is -0.385. The van der Waals surface area contributed by atoms with E-state index in [1.807, 2.05) is 0 Å². The van der Waals surface area contributed by atoms with Crippen molar-refractivity contribution in [2.75, 3.05) is 13.1 Å². The number of ether oxygens (including phenoxy) is 1. The van der Waals surface area contributed by atoms with Crippen molar-refractivity contribution >= 4 is 33.6 Å². The number of piperidine rings is 1. The Kier molecular flexibility index (Phi) is 6.22. The van der Waals surface area contributed by atoms with Crippen molar-refractivity contribution in [1.29, 1.82) is 0 Å². The molecular formula is C17H22BrN3O5. The van der Waals surface area contributed by atoms with Gasteiger partial charge in [-0.1, -0.05) is 15.9 Å². The number of nitro groups is 1. The van der Waals surface area contributed by atoms with Crippen LogP contribution in [0.15, 0.2) is 22.7 Å². The Bertz CT molecular complexity index is 717. The van der Waals surface area contributed by atoms with Crippen LogP contribution in [0.1, 0.15) is 44.0 Å². The molecule has 1 atom stereocenters. The number of benzene rings is 1. The fourth-order valence-corrected chi connectivity index (χ4v) is 3.05. The molecule has 1 fully saturated rings. The van der Waals surface area contributed by atoms with Crippen LogP contribution in [0.5, 0.6) is 0 Å². The van der Waals surface area contributed by atoms with E-state index in [9.17, 15) is 19.7 Å². The molecule has 0 saturated carbocycles. The number of carbonyl (C=O) groups is 2. The maximum absolute atomic E-state index is 12.5. The molecule has 9 heteroatoms. The number of carbonyl (C=O) groups excluding carboxylic acids is 2. The van der Waals surface area contributed by atoms with E-state index >= 15 is 0 Å². The lowest BCUT2D eigenvalue weighted by atomic mass is 10.0. The monoisotopic (exact) mass is 427 g/mol. The minimum absolute atomic E-state index is 0.00686. The van der Waals surface area contributed by atoms with Crippen LogP contribution in [-0.4, -0.2) is 46.6 Å². The first-order valence-corrected chi connectivity index (χ1v) is 9.09. The van der Waals surface area contributed by atoms with Crippen molar-refractivity contribution in [3.05, 3.63) is 38.3 Å². The topological polar surface area (TPSA) is 102 Å². The van der Waals surface area contributed by atoms with E-state index in [1.165, 1.54) is 12.1 Å². The minimum Gasteiger partial charge on any atom is -0.444 e.